The molecule has 5 rings (SSSR count). The van der Waals surface area contributed by atoms with Crippen LogP contribution in [0.5, 0.6) is 0 Å². The lowest BCUT2D eigenvalue weighted by Gasteiger charge is -2.32. The minimum absolute atomic E-state index is 0.0599. The molecule has 160 valence electrons. The van der Waals surface area contributed by atoms with Gasteiger partial charge < -0.3 is 5.32 Å². The number of hydrogen-bond acceptors (Lipinski definition) is 3. The summed E-state index contributed by atoms with van der Waals surface area (Å²) in [5.41, 5.74) is 5.98. The molecule has 6 heteroatoms. The summed E-state index contributed by atoms with van der Waals surface area (Å²) in [5.74, 6) is 0.224. The number of hydrogen-bond donors (Lipinski definition) is 2. The molecule has 1 aliphatic heterocycles. The number of benzene rings is 2. The van der Waals surface area contributed by atoms with Crippen molar-refractivity contribution in [3.63, 3.8) is 0 Å². The van der Waals surface area contributed by atoms with E-state index < -0.39 is 0 Å². The number of H-pyrrole nitrogens is 1. The van der Waals surface area contributed by atoms with Gasteiger partial charge in [-0.3, -0.25) is 14.8 Å². The normalized spacial score (nSPS) is 16.5. The van der Waals surface area contributed by atoms with Gasteiger partial charge in [0.15, 0.2) is 0 Å². The van der Waals surface area contributed by atoms with Crippen LogP contribution in [-0.2, 0) is 19.4 Å². The maximum atomic E-state index is 13.4. The lowest BCUT2D eigenvalue weighted by Crippen LogP contribution is -2.38. The standard InChI is InChI=1S/C25H27FN4O/c26-20-6-3-4-18(14-20)16-30-12-10-17(11-13-30)15-27-25(31)24-22-9-8-19-5-1-2-7-21(19)23(22)28-29-24/h1-7,14,17H,8-13,15-16H2,(H,27,31)(H,28,29). The number of aromatic nitrogens is 2. The summed E-state index contributed by atoms with van der Waals surface area (Å²) in [6.07, 6.45) is 3.84. The van der Waals surface area contributed by atoms with Crippen LogP contribution in [0.25, 0.3) is 11.3 Å². The summed E-state index contributed by atoms with van der Waals surface area (Å²) in [4.78, 5) is 15.2. The third-order valence-corrected chi connectivity index (χ3v) is 6.56. The Labute approximate surface area is 181 Å². The molecule has 2 N–H and O–H groups in total. The monoisotopic (exact) mass is 418 g/mol. The van der Waals surface area contributed by atoms with Gasteiger partial charge >= 0.3 is 0 Å². The number of nitrogens with one attached hydrogen (secondary N) is 2. The Morgan fingerprint density at radius 1 is 1.13 bits per heavy atom. The molecular weight excluding hydrogens is 391 g/mol. The molecule has 3 aromatic rings. The Kier molecular flexibility index (Phi) is 5.55. The van der Waals surface area contributed by atoms with Crippen molar-refractivity contribution >= 4 is 5.91 Å². The number of aryl methyl sites for hydroxylation is 1. The first kappa shape index (κ1) is 19.9. The van der Waals surface area contributed by atoms with E-state index in [-0.39, 0.29) is 11.7 Å². The van der Waals surface area contributed by atoms with Gasteiger partial charge in [-0.1, -0.05) is 36.4 Å². The van der Waals surface area contributed by atoms with Crippen LogP contribution < -0.4 is 5.32 Å². The molecule has 1 amide bonds. The molecule has 2 aliphatic rings. The molecule has 1 fully saturated rings. The summed E-state index contributed by atoms with van der Waals surface area (Å²) >= 11 is 0. The van der Waals surface area contributed by atoms with E-state index in [0.717, 1.165) is 67.7 Å². The van der Waals surface area contributed by atoms with E-state index in [9.17, 15) is 9.18 Å². The number of piperidine rings is 1. The lowest BCUT2D eigenvalue weighted by molar-refractivity contribution is 0.0929. The quantitative estimate of drug-likeness (QED) is 0.659. The molecule has 1 aromatic heterocycles. The molecule has 1 saturated heterocycles. The van der Waals surface area contributed by atoms with Crippen molar-refractivity contribution in [3.8, 4) is 11.3 Å². The highest BCUT2D eigenvalue weighted by Gasteiger charge is 2.26. The Morgan fingerprint density at radius 2 is 1.97 bits per heavy atom. The molecule has 2 aromatic carbocycles. The summed E-state index contributed by atoms with van der Waals surface area (Å²) in [5, 5.41) is 10.6. The smallest absolute Gasteiger partial charge is 0.269 e. The summed E-state index contributed by atoms with van der Waals surface area (Å²) in [6, 6.07) is 15.1. The molecule has 0 spiro atoms. The first-order valence-electron chi connectivity index (χ1n) is 11.1. The summed E-state index contributed by atoms with van der Waals surface area (Å²) in [7, 11) is 0. The predicted octanol–water partition coefficient (Wildman–Crippen LogP) is 3.96. The van der Waals surface area contributed by atoms with E-state index >= 15 is 0 Å². The minimum atomic E-state index is -0.181. The first-order valence-corrected chi connectivity index (χ1v) is 11.1. The van der Waals surface area contributed by atoms with Crippen molar-refractivity contribution in [1.29, 1.82) is 0 Å². The average molecular weight is 419 g/mol. The topological polar surface area (TPSA) is 61.0 Å². The maximum absolute atomic E-state index is 13.4. The maximum Gasteiger partial charge on any atom is 0.269 e. The second-order valence-electron chi connectivity index (χ2n) is 8.64. The Bertz CT molecular complexity index is 1080. The SMILES string of the molecule is O=C(NCC1CCN(Cc2cccc(F)c2)CC1)c1[nH]nc2c1CCc1ccccc1-2. The van der Waals surface area contributed by atoms with Crippen LogP contribution in [0.15, 0.2) is 48.5 Å². The number of rotatable bonds is 5. The summed E-state index contributed by atoms with van der Waals surface area (Å²) in [6.45, 7) is 3.39. The van der Waals surface area contributed by atoms with Gasteiger partial charge in [-0.05, 0) is 68.0 Å². The van der Waals surface area contributed by atoms with Crippen molar-refractivity contribution < 1.29 is 9.18 Å². The van der Waals surface area contributed by atoms with Crippen molar-refractivity contribution in [1.82, 2.24) is 20.4 Å². The number of likely N-dealkylation sites (tertiary alicyclic amines) is 1. The number of amides is 1. The van der Waals surface area contributed by atoms with Gasteiger partial charge in [0.2, 0.25) is 0 Å². The molecule has 0 unspecified atom stereocenters. The zero-order chi connectivity index (χ0) is 21.2. The van der Waals surface area contributed by atoms with Crippen LogP contribution in [0.1, 0.15) is 40.0 Å². The number of carbonyl (C=O) groups is 1. The number of carbonyl (C=O) groups excluding carboxylic acids is 1. The lowest BCUT2D eigenvalue weighted by atomic mass is 9.89. The third-order valence-electron chi connectivity index (χ3n) is 6.56. The highest BCUT2D eigenvalue weighted by molar-refractivity contribution is 5.96. The molecule has 0 saturated carbocycles. The van der Waals surface area contributed by atoms with Crippen LogP contribution in [0.3, 0.4) is 0 Å². The zero-order valence-electron chi connectivity index (χ0n) is 17.5. The van der Waals surface area contributed by atoms with Crippen molar-refractivity contribution in [2.24, 2.45) is 5.92 Å². The van der Waals surface area contributed by atoms with Gasteiger partial charge in [0.05, 0.1) is 5.69 Å². The predicted molar refractivity (Wildman–Crippen MR) is 118 cm³/mol. The van der Waals surface area contributed by atoms with E-state index in [1.807, 2.05) is 18.2 Å². The van der Waals surface area contributed by atoms with Crippen LogP contribution in [0.4, 0.5) is 4.39 Å². The number of aromatic amines is 1. The molecular formula is C25H27FN4O. The van der Waals surface area contributed by atoms with E-state index in [2.05, 4.69) is 32.5 Å². The van der Waals surface area contributed by atoms with Gasteiger partial charge in [0, 0.05) is 24.2 Å². The highest BCUT2D eigenvalue weighted by atomic mass is 19.1. The van der Waals surface area contributed by atoms with Gasteiger partial charge in [-0.25, -0.2) is 4.39 Å². The number of nitrogens with zero attached hydrogens (tertiary/aromatic N) is 2. The molecule has 5 nitrogen and oxygen atoms in total. The zero-order valence-corrected chi connectivity index (χ0v) is 17.5. The van der Waals surface area contributed by atoms with Gasteiger partial charge in [-0.2, -0.15) is 5.10 Å². The molecule has 0 atom stereocenters. The van der Waals surface area contributed by atoms with Gasteiger partial charge in [0.1, 0.15) is 11.5 Å². The first-order chi connectivity index (χ1) is 15.2. The average Bonchev–Trinajstić information content (AvgIpc) is 3.23. The van der Waals surface area contributed by atoms with Crippen molar-refractivity contribution in [2.45, 2.75) is 32.2 Å². The molecule has 1 aliphatic carbocycles. The molecule has 0 radical (unpaired) electrons. The fraction of sp³-hybridized carbons (Fsp3) is 0.360. The van der Waals surface area contributed by atoms with Crippen molar-refractivity contribution in [3.05, 3.63) is 76.7 Å². The Hall–Kier alpha value is -2.99. The third kappa shape index (κ3) is 4.26. The Balaban J connectivity index is 1.14. The van der Waals surface area contributed by atoms with E-state index in [0.29, 0.717) is 18.2 Å². The second-order valence-corrected chi connectivity index (χ2v) is 8.64. The molecule has 0 bridgehead atoms. The number of fused-ring (bicyclic) bond motifs is 3. The number of halogens is 1. The van der Waals surface area contributed by atoms with Gasteiger partial charge in [0.25, 0.3) is 5.91 Å². The largest absolute Gasteiger partial charge is 0.350 e. The minimum Gasteiger partial charge on any atom is -0.350 e. The fourth-order valence-corrected chi connectivity index (χ4v) is 4.82. The second kappa shape index (κ2) is 8.63. The van der Waals surface area contributed by atoms with E-state index in [4.69, 9.17) is 0 Å². The fourth-order valence-electron chi connectivity index (χ4n) is 4.82. The summed E-state index contributed by atoms with van der Waals surface area (Å²) < 4.78 is 13.4. The highest BCUT2D eigenvalue weighted by Crippen LogP contribution is 2.33. The van der Waals surface area contributed by atoms with Crippen molar-refractivity contribution in [2.75, 3.05) is 19.6 Å². The van der Waals surface area contributed by atoms with Crippen LogP contribution in [-0.4, -0.2) is 40.6 Å². The van der Waals surface area contributed by atoms with E-state index in [1.54, 1.807) is 12.1 Å². The van der Waals surface area contributed by atoms with Crippen LogP contribution in [0, 0.1) is 11.7 Å². The van der Waals surface area contributed by atoms with Crippen LogP contribution in [0.2, 0.25) is 0 Å². The van der Waals surface area contributed by atoms with Gasteiger partial charge in [-0.15, -0.1) is 0 Å². The van der Waals surface area contributed by atoms with E-state index in [1.165, 1.54) is 11.6 Å². The Morgan fingerprint density at radius 3 is 2.81 bits per heavy atom. The van der Waals surface area contributed by atoms with Crippen LogP contribution >= 0.6 is 0 Å². The molecule has 2 heterocycles. The molecule has 31 heavy (non-hydrogen) atoms.